The molecule has 2 aliphatic heterocycles. The fourth-order valence-electron chi connectivity index (χ4n) is 4.13. The SMILES string of the molecule is CN1CCOc2ccc(/C(O)=C3/C(=O)C(=O)N(c4ccc(F)cc4F)C3c3ccco3)cc21. The number of hydrogen-bond donors (Lipinski definition) is 1. The van der Waals surface area contributed by atoms with Crippen molar-refractivity contribution < 1.29 is 32.6 Å². The predicted molar refractivity (Wildman–Crippen MR) is 115 cm³/mol. The number of likely N-dealkylation sites (N-methyl/N-ethyl adjacent to an activating group) is 1. The molecule has 9 heteroatoms. The van der Waals surface area contributed by atoms with Gasteiger partial charge < -0.3 is 19.2 Å². The predicted octanol–water partition coefficient (Wildman–Crippen LogP) is 4.01. The highest BCUT2D eigenvalue weighted by Crippen LogP contribution is 2.44. The zero-order valence-corrected chi connectivity index (χ0v) is 17.4. The van der Waals surface area contributed by atoms with Crippen LogP contribution in [0.3, 0.4) is 0 Å². The van der Waals surface area contributed by atoms with Crippen molar-refractivity contribution in [3.63, 3.8) is 0 Å². The maximum atomic E-state index is 14.6. The van der Waals surface area contributed by atoms with Crippen LogP contribution in [0, 0.1) is 11.6 Å². The Hall–Kier alpha value is -4.14. The van der Waals surface area contributed by atoms with Gasteiger partial charge in [0.1, 0.15) is 41.6 Å². The summed E-state index contributed by atoms with van der Waals surface area (Å²) in [4.78, 5) is 28.8. The van der Waals surface area contributed by atoms with Crippen LogP contribution < -0.4 is 14.5 Å². The van der Waals surface area contributed by atoms with E-state index < -0.39 is 35.1 Å². The highest BCUT2D eigenvalue weighted by atomic mass is 19.1. The highest BCUT2D eigenvalue weighted by Gasteiger charge is 2.49. The van der Waals surface area contributed by atoms with E-state index in [1.807, 2.05) is 11.9 Å². The van der Waals surface area contributed by atoms with Crippen molar-refractivity contribution in [3.05, 3.63) is 83.3 Å². The number of carbonyl (C=O) groups is 2. The number of aliphatic hydroxyl groups excluding tert-OH is 1. The van der Waals surface area contributed by atoms with Gasteiger partial charge >= 0.3 is 0 Å². The second kappa shape index (κ2) is 7.77. The first-order chi connectivity index (χ1) is 15.9. The lowest BCUT2D eigenvalue weighted by atomic mass is 9.98. The van der Waals surface area contributed by atoms with E-state index in [0.717, 1.165) is 17.0 Å². The first kappa shape index (κ1) is 20.7. The van der Waals surface area contributed by atoms with E-state index >= 15 is 0 Å². The molecule has 1 unspecified atom stereocenters. The second-order valence-corrected chi connectivity index (χ2v) is 7.73. The van der Waals surface area contributed by atoms with E-state index in [1.54, 1.807) is 24.3 Å². The molecule has 1 fully saturated rings. The minimum absolute atomic E-state index is 0.137. The van der Waals surface area contributed by atoms with Crippen LogP contribution in [-0.2, 0) is 9.59 Å². The van der Waals surface area contributed by atoms with Gasteiger partial charge in [-0.1, -0.05) is 0 Å². The summed E-state index contributed by atoms with van der Waals surface area (Å²) in [5, 5.41) is 11.2. The summed E-state index contributed by atoms with van der Waals surface area (Å²) >= 11 is 0. The third-order valence-corrected chi connectivity index (χ3v) is 5.75. The van der Waals surface area contributed by atoms with E-state index in [2.05, 4.69) is 0 Å². The van der Waals surface area contributed by atoms with Gasteiger partial charge in [0.15, 0.2) is 0 Å². The first-order valence-corrected chi connectivity index (χ1v) is 10.1. The number of ether oxygens (including phenoxy) is 1. The van der Waals surface area contributed by atoms with Gasteiger partial charge in [-0.05, 0) is 42.5 Å². The maximum absolute atomic E-state index is 14.6. The molecular weight excluding hydrogens is 434 g/mol. The van der Waals surface area contributed by atoms with E-state index in [0.29, 0.717) is 30.7 Å². The van der Waals surface area contributed by atoms with Crippen LogP contribution in [0.15, 0.2) is 64.8 Å². The highest BCUT2D eigenvalue weighted by molar-refractivity contribution is 6.51. The third kappa shape index (κ3) is 3.32. The number of nitrogens with zero attached hydrogens (tertiary/aromatic N) is 2. The number of halogens is 2. The molecule has 0 bridgehead atoms. The molecule has 2 aromatic carbocycles. The summed E-state index contributed by atoms with van der Waals surface area (Å²) < 4.78 is 39.2. The van der Waals surface area contributed by atoms with Gasteiger partial charge in [0.05, 0.1) is 29.8 Å². The van der Waals surface area contributed by atoms with Crippen LogP contribution in [0.25, 0.3) is 5.76 Å². The molecule has 7 nitrogen and oxygen atoms in total. The molecule has 1 atom stereocenters. The van der Waals surface area contributed by atoms with Crippen molar-refractivity contribution >= 4 is 28.8 Å². The van der Waals surface area contributed by atoms with Gasteiger partial charge in [-0.2, -0.15) is 0 Å². The van der Waals surface area contributed by atoms with Crippen molar-refractivity contribution in [2.45, 2.75) is 6.04 Å². The van der Waals surface area contributed by atoms with Crippen molar-refractivity contribution in [1.82, 2.24) is 0 Å². The van der Waals surface area contributed by atoms with Crippen LogP contribution in [0.1, 0.15) is 17.4 Å². The average Bonchev–Trinajstić information content (AvgIpc) is 3.41. The number of benzene rings is 2. The molecule has 0 spiro atoms. The zero-order valence-electron chi connectivity index (χ0n) is 17.4. The Labute approximate surface area is 187 Å². The number of anilines is 2. The minimum atomic E-state index is -1.25. The van der Waals surface area contributed by atoms with Crippen molar-refractivity contribution in [1.29, 1.82) is 0 Å². The summed E-state index contributed by atoms with van der Waals surface area (Å²) in [5.74, 6) is -3.62. The van der Waals surface area contributed by atoms with Crippen LogP contribution in [-0.4, -0.2) is 37.0 Å². The second-order valence-electron chi connectivity index (χ2n) is 7.73. The summed E-state index contributed by atoms with van der Waals surface area (Å²) in [6, 6.07) is 9.35. The van der Waals surface area contributed by atoms with Crippen LogP contribution in [0.5, 0.6) is 5.75 Å². The molecule has 0 saturated carbocycles. The van der Waals surface area contributed by atoms with Crippen LogP contribution >= 0.6 is 0 Å². The van der Waals surface area contributed by atoms with Gasteiger partial charge in [-0.15, -0.1) is 0 Å². The first-order valence-electron chi connectivity index (χ1n) is 10.1. The standard InChI is InChI=1S/C24H18F2N2O5/c1-27-8-10-33-18-7-4-13(11-17(18)27)22(29)20-21(19-3-2-9-32-19)28(24(31)23(20)30)16-6-5-14(25)12-15(16)26/h2-7,9,11-12,21,29H,8,10H2,1H3/b22-20-. The van der Waals surface area contributed by atoms with Crippen molar-refractivity contribution in [2.75, 3.05) is 30.0 Å². The van der Waals surface area contributed by atoms with Crippen LogP contribution in [0.4, 0.5) is 20.2 Å². The molecule has 2 aliphatic rings. The number of Topliss-reactive ketones (excluding diaryl/α,β-unsaturated/α-hetero) is 1. The minimum Gasteiger partial charge on any atom is -0.507 e. The average molecular weight is 452 g/mol. The van der Waals surface area contributed by atoms with Crippen molar-refractivity contribution in [2.24, 2.45) is 0 Å². The Morgan fingerprint density at radius 2 is 1.91 bits per heavy atom. The van der Waals surface area contributed by atoms with E-state index in [-0.39, 0.29) is 22.6 Å². The Morgan fingerprint density at radius 3 is 2.64 bits per heavy atom. The number of hydrogen-bond acceptors (Lipinski definition) is 6. The smallest absolute Gasteiger partial charge is 0.300 e. The monoisotopic (exact) mass is 452 g/mol. The largest absolute Gasteiger partial charge is 0.507 e. The summed E-state index contributed by atoms with van der Waals surface area (Å²) in [5.41, 5.74) is 0.412. The number of amides is 1. The zero-order chi connectivity index (χ0) is 23.3. The normalized spacial score (nSPS) is 19.5. The van der Waals surface area contributed by atoms with Gasteiger partial charge in [-0.3, -0.25) is 14.5 Å². The quantitative estimate of drug-likeness (QED) is 0.367. The lowest BCUT2D eigenvalue weighted by Gasteiger charge is -2.28. The number of rotatable bonds is 3. The van der Waals surface area contributed by atoms with Gasteiger partial charge in [0.2, 0.25) is 0 Å². The van der Waals surface area contributed by atoms with Gasteiger partial charge in [0.25, 0.3) is 11.7 Å². The fourth-order valence-corrected chi connectivity index (χ4v) is 4.13. The maximum Gasteiger partial charge on any atom is 0.300 e. The molecular formula is C24H18F2N2O5. The molecule has 3 heterocycles. The number of fused-ring (bicyclic) bond motifs is 1. The molecule has 5 rings (SSSR count). The summed E-state index contributed by atoms with van der Waals surface area (Å²) in [7, 11) is 1.87. The molecule has 168 valence electrons. The van der Waals surface area contributed by atoms with Crippen molar-refractivity contribution in [3.8, 4) is 5.75 Å². The molecule has 3 aromatic rings. The Balaban J connectivity index is 1.69. The van der Waals surface area contributed by atoms with Crippen LogP contribution in [0.2, 0.25) is 0 Å². The van der Waals surface area contributed by atoms with E-state index in [9.17, 15) is 23.5 Å². The van der Waals surface area contributed by atoms with E-state index in [4.69, 9.17) is 9.15 Å². The Morgan fingerprint density at radius 1 is 1.09 bits per heavy atom. The van der Waals surface area contributed by atoms with Gasteiger partial charge in [-0.25, -0.2) is 8.78 Å². The molecule has 1 aromatic heterocycles. The lowest BCUT2D eigenvalue weighted by molar-refractivity contribution is -0.132. The molecule has 33 heavy (non-hydrogen) atoms. The van der Waals surface area contributed by atoms with E-state index in [1.165, 1.54) is 12.3 Å². The lowest BCUT2D eigenvalue weighted by Crippen LogP contribution is -2.30. The molecule has 1 amide bonds. The molecule has 0 aliphatic carbocycles. The topological polar surface area (TPSA) is 83.2 Å². The molecule has 0 radical (unpaired) electrons. The third-order valence-electron chi connectivity index (χ3n) is 5.75. The number of aliphatic hydroxyl groups is 1. The summed E-state index contributed by atoms with van der Waals surface area (Å²) in [6.45, 7) is 1.15. The number of carbonyl (C=O) groups excluding carboxylic acids is 2. The Kier molecular flexibility index (Phi) is 4.88. The van der Waals surface area contributed by atoms with Gasteiger partial charge in [0, 0.05) is 18.7 Å². The molecule has 1 saturated heterocycles. The molecule has 1 N–H and O–H groups in total. The number of ketones is 1. The fraction of sp³-hybridized carbons (Fsp3) is 0.167. The number of furan rings is 1. The Bertz CT molecular complexity index is 1300. The summed E-state index contributed by atoms with van der Waals surface area (Å²) in [6.07, 6.45) is 1.33.